The maximum Gasteiger partial charge on any atom is 0.338 e. The predicted molar refractivity (Wildman–Crippen MR) is 108 cm³/mol. The Morgan fingerprint density at radius 2 is 1.93 bits per heavy atom. The van der Waals surface area contributed by atoms with Gasteiger partial charge in [-0.2, -0.15) is 0 Å². The Balaban J connectivity index is 2.11. The summed E-state index contributed by atoms with van der Waals surface area (Å²) >= 11 is 0. The van der Waals surface area contributed by atoms with Crippen LogP contribution in [-0.4, -0.2) is 37.2 Å². The molecule has 3 rings (SSSR count). The molecule has 7 nitrogen and oxygen atoms in total. The average Bonchev–Trinajstić information content (AvgIpc) is 2.70. The number of fused-ring (bicyclic) bond motifs is 1. The van der Waals surface area contributed by atoms with Crippen molar-refractivity contribution in [1.29, 1.82) is 0 Å². The summed E-state index contributed by atoms with van der Waals surface area (Å²) in [6, 6.07) is 12.6. The number of methoxy groups -OCH3 is 1. The number of ketones is 1. The Kier molecular flexibility index (Phi) is 5.48. The lowest BCUT2D eigenvalue weighted by atomic mass is 9.99. The van der Waals surface area contributed by atoms with Crippen LogP contribution in [0.15, 0.2) is 57.7 Å². The number of aliphatic hydroxyl groups excluding tert-OH is 1. The molecule has 3 aromatic rings. The van der Waals surface area contributed by atoms with Crippen LogP contribution in [0.3, 0.4) is 0 Å². The summed E-state index contributed by atoms with van der Waals surface area (Å²) in [7, 11) is 3.24. The maximum atomic E-state index is 12.7. The standard InChI is InChI=1S/C21H22N2O5/c1-12(24)20(22)21(26)15-10-13(8-9-17(15)27-3)23(2)16-11-19(25)28-18-7-5-4-6-14(16)18/h4-12,20,24H,22H2,1-3H3/t12-,20+/m1/s1. The number of benzene rings is 2. The zero-order chi connectivity index (χ0) is 20.4. The van der Waals surface area contributed by atoms with Crippen molar-refractivity contribution in [1.82, 2.24) is 0 Å². The second-order valence-corrected chi connectivity index (χ2v) is 6.52. The molecule has 0 unspecified atom stereocenters. The monoisotopic (exact) mass is 382 g/mol. The van der Waals surface area contributed by atoms with Gasteiger partial charge >= 0.3 is 5.63 Å². The van der Waals surface area contributed by atoms with Crippen LogP contribution in [0.2, 0.25) is 0 Å². The number of para-hydroxylation sites is 1. The van der Waals surface area contributed by atoms with Crippen molar-refractivity contribution in [3.63, 3.8) is 0 Å². The van der Waals surface area contributed by atoms with Gasteiger partial charge in [-0.1, -0.05) is 12.1 Å². The SMILES string of the molecule is COc1ccc(N(C)c2cc(=O)oc3ccccc23)cc1C(=O)[C@@H](N)[C@@H](C)O. The quantitative estimate of drug-likeness (QED) is 0.498. The van der Waals surface area contributed by atoms with Crippen molar-refractivity contribution >= 4 is 28.1 Å². The van der Waals surface area contributed by atoms with Crippen molar-refractivity contribution < 1.29 is 19.1 Å². The lowest BCUT2D eigenvalue weighted by Gasteiger charge is -2.23. The Hall–Kier alpha value is -3.16. The highest BCUT2D eigenvalue weighted by molar-refractivity contribution is 6.04. The van der Waals surface area contributed by atoms with Gasteiger partial charge in [-0.3, -0.25) is 4.79 Å². The molecule has 0 aliphatic carbocycles. The van der Waals surface area contributed by atoms with Crippen molar-refractivity contribution in [3.05, 3.63) is 64.5 Å². The molecule has 0 radical (unpaired) electrons. The van der Waals surface area contributed by atoms with E-state index in [4.69, 9.17) is 14.9 Å². The fourth-order valence-corrected chi connectivity index (χ4v) is 3.01. The van der Waals surface area contributed by atoms with Gasteiger partial charge in [-0.05, 0) is 37.3 Å². The smallest absolute Gasteiger partial charge is 0.338 e. The summed E-state index contributed by atoms with van der Waals surface area (Å²) in [5.74, 6) is -0.0739. The van der Waals surface area contributed by atoms with Gasteiger partial charge in [-0.25, -0.2) is 4.79 Å². The minimum absolute atomic E-state index is 0.257. The molecule has 0 bridgehead atoms. The molecule has 0 saturated carbocycles. The number of carbonyl (C=O) groups is 1. The Labute approximate surface area is 161 Å². The van der Waals surface area contributed by atoms with Gasteiger partial charge in [0.2, 0.25) is 0 Å². The van der Waals surface area contributed by atoms with Crippen LogP contribution < -0.4 is 21.0 Å². The topological polar surface area (TPSA) is 106 Å². The predicted octanol–water partition coefficient (Wildman–Crippen LogP) is 2.46. The highest BCUT2D eigenvalue weighted by Gasteiger charge is 2.24. The molecule has 1 heterocycles. The first-order valence-corrected chi connectivity index (χ1v) is 8.76. The van der Waals surface area contributed by atoms with Crippen LogP contribution in [0.4, 0.5) is 11.4 Å². The number of aliphatic hydroxyl groups is 1. The van der Waals surface area contributed by atoms with E-state index in [2.05, 4.69) is 0 Å². The number of nitrogens with two attached hydrogens (primary N) is 1. The van der Waals surface area contributed by atoms with E-state index in [0.717, 1.165) is 5.39 Å². The second-order valence-electron chi connectivity index (χ2n) is 6.52. The zero-order valence-electron chi connectivity index (χ0n) is 15.9. The molecule has 3 N–H and O–H groups in total. The molecule has 0 saturated heterocycles. The van der Waals surface area contributed by atoms with E-state index in [1.54, 1.807) is 42.3 Å². The number of carbonyl (C=O) groups excluding carboxylic acids is 1. The van der Waals surface area contributed by atoms with Crippen molar-refractivity contribution in [2.45, 2.75) is 19.1 Å². The molecule has 0 aliphatic heterocycles. The van der Waals surface area contributed by atoms with Crippen LogP contribution in [-0.2, 0) is 0 Å². The number of hydrogen-bond acceptors (Lipinski definition) is 7. The molecule has 28 heavy (non-hydrogen) atoms. The van der Waals surface area contributed by atoms with Gasteiger partial charge in [-0.15, -0.1) is 0 Å². The molecule has 1 aromatic heterocycles. The zero-order valence-corrected chi connectivity index (χ0v) is 15.9. The third-order valence-corrected chi connectivity index (χ3v) is 4.65. The molecule has 7 heteroatoms. The van der Waals surface area contributed by atoms with Crippen LogP contribution in [0.25, 0.3) is 11.0 Å². The van der Waals surface area contributed by atoms with Gasteiger partial charge in [0, 0.05) is 24.2 Å². The van der Waals surface area contributed by atoms with E-state index in [-0.39, 0.29) is 5.56 Å². The van der Waals surface area contributed by atoms with E-state index >= 15 is 0 Å². The number of ether oxygens (including phenoxy) is 1. The van der Waals surface area contributed by atoms with E-state index < -0.39 is 23.6 Å². The van der Waals surface area contributed by atoms with E-state index in [0.29, 0.717) is 22.7 Å². The summed E-state index contributed by atoms with van der Waals surface area (Å²) in [5.41, 5.74) is 7.37. The average molecular weight is 382 g/mol. The molecule has 146 valence electrons. The molecular weight excluding hydrogens is 360 g/mol. The van der Waals surface area contributed by atoms with Crippen LogP contribution >= 0.6 is 0 Å². The molecule has 0 spiro atoms. The number of hydrogen-bond donors (Lipinski definition) is 2. The highest BCUT2D eigenvalue weighted by Crippen LogP contribution is 2.33. The summed E-state index contributed by atoms with van der Waals surface area (Å²) in [6.07, 6.45) is -0.999. The van der Waals surface area contributed by atoms with E-state index in [9.17, 15) is 14.7 Å². The fraction of sp³-hybridized carbons (Fsp3) is 0.238. The Morgan fingerprint density at radius 3 is 2.61 bits per heavy atom. The Bertz CT molecular complexity index is 1070. The summed E-state index contributed by atoms with van der Waals surface area (Å²) in [6.45, 7) is 1.46. The van der Waals surface area contributed by atoms with Gasteiger partial charge in [0.05, 0.1) is 30.5 Å². The molecule has 0 aliphatic rings. The molecule has 2 atom stereocenters. The number of rotatable bonds is 6. The minimum atomic E-state index is -1.07. The fourth-order valence-electron chi connectivity index (χ4n) is 3.01. The maximum absolute atomic E-state index is 12.7. The summed E-state index contributed by atoms with van der Waals surface area (Å²) in [4.78, 5) is 26.4. The first-order valence-electron chi connectivity index (χ1n) is 8.76. The number of anilines is 2. The first kappa shape index (κ1) is 19.6. The van der Waals surface area contributed by atoms with Gasteiger partial charge in [0.15, 0.2) is 5.78 Å². The van der Waals surface area contributed by atoms with E-state index in [1.807, 2.05) is 12.1 Å². The number of nitrogens with zero attached hydrogens (tertiary/aromatic N) is 1. The van der Waals surface area contributed by atoms with Crippen molar-refractivity contribution in [2.24, 2.45) is 5.73 Å². The van der Waals surface area contributed by atoms with E-state index in [1.165, 1.54) is 20.1 Å². The molecule has 2 aromatic carbocycles. The third-order valence-electron chi connectivity index (χ3n) is 4.65. The van der Waals surface area contributed by atoms with Crippen LogP contribution in [0, 0.1) is 0 Å². The van der Waals surface area contributed by atoms with Gasteiger partial charge in [0.25, 0.3) is 0 Å². The lowest BCUT2D eigenvalue weighted by Crippen LogP contribution is -2.40. The van der Waals surface area contributed by atoms with Crippen molar-refractivity contribution in [3.8, 4) is 5.75 Å². The summed E-state index contributed by atoms with van der Waals surface area (Å²) < 4.78 is 10.5. The highest BCUT2D eigenvalue weighted by atomic mass is 16.5. The second kappa shape index (κ2) is 7.84. The van der Waals surface area contributed by atoms with Crippen molar-refractivity contribution in [2.75, 3.05) is 19.1 Å². The lowest BCUT2D eigenvalue weighted by molar-refractivity contribution is 0.0844. The number of Topliss-reactive ketones (excluding diaryl/α,β-unsaturated/α-hetero) is 1. The Morgan fingerprint density at radius 1 is 1.21 bits per heavy atom. The third kappa shape index (κ3) is 3.62. The van der Waals surface area contributed by atoms with Gasteiger partial charge < -0.3 is 24.9 Å². The first-order chi connectivity index (χ1) is 13.3. The van der Waals surface area contributed by atoms with Crippen LogP contribution in [0.5, 0.6) is 5.75 Å². The van der Waals surface area contributed by atoms with Gasteiger partial charge in [0.1, 0.15) is 11.3 Å². The molecule has 0 fully saturated rings. The summed E-state index contributed by atoms with van der Waals surface area (Å²) in [5, 5.41) is 10.4. The van der Waals surface area contributed by atoms with Crippen LogP contribution in [0.1, 0.15) is 17.3 Å². The molecule has 0 amide bonds. The normalized spacial score (nSPS) is 13.2. The molecular formula is C21H22N2O5. The minimum Gasteiger partial charge on any atom is -0.496 e. The largest absolute Gasteiger partial charge is 0.496 e.